The normalized spacial score (nSPS) is 10.8. The van der Waals surface area contributed by atoms with Gasteiger partial charge in [-0.05, 0) is 43.2 Å². The number of halogens is 1. The third-order valence-corrected chi connectivity index (χ3v) is 3.86. The molecule has 3 rings (SSSR count). The molecule has 0 spiro atoms. The molecule has 5 nitrogen and oxygen atoms in total. The molecule has 0 radical (unpaired) electrons. The summed E-state index contributed by atoms with van der Waals surface area (Å²) in [6.07, 6.45) is 0.875. The van der Waals surface area contributed by atoms with E-state index in [1.165, 1.54) is 0 Å². The average molecular weight is 344 g/mol. The molecule has 0 bridgehead atoms. The Labute approximate surface area is 145 Å². The topological polar surface area (TPSA) is 67.2 Å². The summed E-state index contributed by atoms with van der Waals surface area (Å²) in [6, 6.07) is 10.7. The number of benzene rings is 2. The van der Waals surface area contributed by atoms with Crippen molar-refractivity contribution in [1.82, 2.24) is 10.3 Å². The summed E-state index contributed by atoms with van der Waals surface area (Å²) < 4.78 is 5.85. The number of fused-ring (bicyclic) bond motifs is 1. The Balaban J connectivity index is 2.00. The molecule has 2 aromatic carbocycles. The van der Waals surface area contributed by atoms with Gasteiger partial charge in [-0.15, -0.1) is 0 Å². The van der Waals surface area contributed by atoms with Crippen LogP contribution in [0.2, 0.25) is 5.02 Å². The lowest BCUT2D eigenvalue weighted by Gasteiger charge is -2.11. The number of amides is 2. The van der Waals surface area contributed by atoms with Crippen molar-refractivity contribution >= 4 is 34.4 Å². The number of carbonyl (C=O) groups excluding carboxylic acids is 1. The van der Waals surface area contributed by atoms with Gasteiger partial charge in [0.15, 0.2) is 5.58 Å². The van der Waals surface area contributed by atoms with E-state index in [0.717, 1.165) is 17.5 Å². The first-order chi connectivity index (χ1) is 11.6. The Morgan fingerprint density at radius 2 is 2.12 bits per heavy atom. The van der Waals surface area contributed by atoms with E-state index in [-0.39, 0.29) is 6.03 Å². The molecule has 2 amide bonds. The maximum atomic E-state index is 12.0. The molecule has 1 aromatic heterocycles. The summed E-state index contributed by atoms with van der Waals surface area (Å²) in [5.41, 5.74) is 3.71. The van der Waals surface area contributed by atoms with Gasteiger partial charge in [0.25, 0.3) is 0 Å². The highest BCUT2D eigenvalue weighted by molar-refractivity contribution is 6.31. The van der Waals surface area contributed by atoms with E-state index in [1.807, 2.05) is 32.0 Å². The van der Waals surface area contributed by atoms with Crippen LogP contribution in [0.4, 0.5) is 10.5 Å². The number of oxazole rings is 1. The number of anilines is 1. The second-order valence-corrected chi connectivity index (χ2v) is 5.95. The van der Waals surface area contributed by atoms with Gasteiger partial charge in [0.05, 0.1) is 11.3 Å². The maximum absolute atomic E-state index is 12.0. The minimum Gasteiger partial charge on any atom is -0.436 e. The quantitative estimate of drug-likeness (QED) is 0.701. The lowest BCUT2D eigenvalue weighted by atomic mass is 10.1. The third kappa shape index (κ3) is 3.36. The second-order valence-electron chi connectivity index (χ2n) is 5.51. The number of aryl methyl sites for hydroxylation is 1. The smallest absolute Gasteiger partial charge is 0.319 e. The molecule has 0 unspecified atom stereocenters. The number of rotatable bonds is 4. The Kier molecular flexibility index (Phi) is 4.71. The fourth-order valence-electron chi connectivity index (χ4n) is 2.47. The van der Waals surface area contributed by atoms with Crippen LogP contribution < -0.4 is 10.6 Å². The van der Waals surface area contributed by atoms with Crippen molar-refractivity contribution in [3.63, 3.8) is 0 Å². The highest BCUT2D eigenvalue weighted by Gasteiger charge is 2.16. The average Bonchev–Trinajstić information content (AvgIpc) is 2.95. The first-order valence-electron chi connectivity index (χ1n) is 7.79. The van der Waals surface area contributed by atoms with Crippen LogP contribution in [0.5, 0.6) is 0 Å². The van der Waals surface area contributed by atoms with Gasteiger partial charge in [-0.2, -0.15) is 0 Å². The van der Waals surface area contributed by atoms with Crippen LogP contribution in [0, 0.1) is 6.92 Å². The molecule has 0 atom stereocenters. The predicted octanol–water partition coefficient (Wildman–Crippen LogP) is 4.99. The van der Waals surface area contributed by atoms with E-state index in [9.17, 15) is 4.79 Å². The van der Waals surface area contributed by atoms with Gasteiger partial charge in [0.2, 0.25) is 5.89 Å². The number of hydrogen-bond acceptors (Lipinski definition) is 3. The van der Waals surface area contributed by atoms with E-state index in [0.29, 0.717) is 34.2 Å². The zero-order chi connectivity index (χ0) is 17.1. The number of urea groups is 1. The van der Waals surface area contributed by atoms with Gasteiger partial charge in [0.1, 0.15) is 5.52 Å². The van der Waals surface area contributed by atoms with Crippen LogP contribution in [0.1, 0.15) is 18.9 Å². The highest BCUT2D eigenvalue weighted by atomic mass is 35.5. The Morgan fingerprint density at radius 3 is 2.92 bits per heavy atom. The number of aromatic nitrogens is 1. The molecule has 6 heteroatoms. The van der Waals surface area contributed by atoms with Crippen LogP contribution in [-0.4, -0.2) is 17.6 Å². The van der Waals surface area contributed by atoms with Crippen molar-refractivity contribution in [2.45, 2.75) is 20.3 Å². The van der Waals surface area contributed by atoms with Crippen molar-refractivity contribution in [2.75, 3.05) is 11.9 Å². The molecule has 0 fully saturated rings. The molecule has 3 aromatic rings. The molecule has 0 aliphatic rings. The lowest BCUT2D eigenvalue weighted by molar-refractivity contribution is 0.252. The zero-order valence-corrected chi connectivity index (χ0v) is 14.3. The van der Waals surface area contributed by atoms with Crippen LogP contribution in [0.3, 0.4) is 0 Å². The Morgan fingerprint density at radius 1 is 1.29 bits per heavy atom. The van der Waals surface area contributed by atoms with Gasteiger partial charge < -0.3 is 15.1 Å². The van der Waals surface area contributed by atoms with Crippen LogP contribution in [0.25, 0.3) is 22.6 Å². The van der Waals surface area contributed by atoms with Gasteiger partial charge in [-0.25, -0.2) is 9.78 Å². The van der Waals surface area contributed by atoms with E-state index in [2.05, 4.69) is 15.6 Å². The van der Waals surface area contributed by atoms with Crippen molar-refractivity contribution in [1.29, 1.82) is 0 Å². The molecule has 0 aliphatic heterocycles. The van der Waals surface area contributed by atoms with Crippen LogP contribution in [0.15, 0.2) is 40.8 Å². The van der Waals surface area contributed by atoms with Gasteiger partial charge in [-0.3, -0.25) is 0 Å². The predicted molar refractivity (Wildman–Crippen MR) is 96.5 cm³/mol. The van der Waals surface area contributed by atoms with E-state index in [4.69, 9.17) is 16.0 Å². The number of carbonyl (C=O) groups is 1. The summed E-state index contributed by atoms with van der Waals surface area (Å²) in [6.45, 7) is 4.57. The van der Waals surface area contributed by atoms with Gasteiger partial charge in [-0.1, -0.05) is 30.7 Å². The molecule has 1 heterocycles. The molecule has 0 aliphatic carbocycles. The fraction of sp³-hybridized carbons (Fsp3) is 0.222. The lowest BCUT2D eigenvalue weighted by Crippen LogP contribution is -2.29. The molecule has 0 saturated heterocycles. The molecule has 124 valence electrons. The standard InChI is InChI=1S/C18H18ClN3O2/c1-3-9-20-18(23)22-13-6-4-5-11(2)16(13)17-21-14-10-12(19)7-8-15(14)24-17/h4-8,10H,3,9H2,1-2H3,(H2,20,22,23). The summed E-state index contributed by atoms with van der Waals surface area (Å²) in [5, 5.41) is 6.26. The third-order valence-electron chi connectivity index (χ3n) is 3.62. The zero-order valence-electron chi connectivity index (χ0n) is 13.5. The second kappa shape index (κ2) is 6.93. The molecule has 0 saturated carbocycles. The molecular weight excluding hydrogens is 326 g/mol. The number of hydrogen-bond donors (Lipinski definition) is 2. The SMILES string of the molecule is CCCNC(=O)Nc1cccc(C)c1-c1nc2cc(Cl)ccc2o1. The summed E-state index contributed by atoms with van der Waals surface area (Å²) in [4.78, 5) is 16.5. The van der Waals surface area contributed by atoms with Crippen LogP contribution in [-0.2, 0) is 0 Å². The molecule has 24 heavy (non-hydrogen) atoms. The van der Waals surface area contributed by atoms with Crippen LogP contribution >= 0.6 is 11.6 Å². The summed E-state index contributed by atoms with van der Waals surface area (Å²) in [5.74, 6) is 0.455. The van der Waals surface area contributed by atoms with Crippen molar-refractivity contribution in [3.8, 4) is 11.5 Å². The molecular formula is C18H18ClN3O2. The van der Waals surface area contributed by atoms with E-state index in [1.54, 1.807) is 18.2 Å². The summed E-state index contributed by atoms with van der Waals surface area (Å²) >= 11 is 6.01. The highest BCUT2D eigenvalue weighted by Crippen LogP contribution is 2.33. The fourth-order valence-corrected chi connectivity index (χ4v) is 2.63. The number of nitrogens with zero attached hydrogens (tertiary/aromatic N) is 1. The maximum Gasteiger partial charge on any atom is 0.319 e. The van der Waals surface area contributed by atoms with Crippen molar-refractivity contribution < 1.29 is 9.21 Å². The largest absolute Gasteiger partial charge is 0.436 e. The minimum atomic E-state index is -0.247. The summed E-state index contributed by atoms with van der Waals surface area (Å²) in [7, 11) is 0. The first-order valence-corrected chi connectivity index (χ1v) is 8.17. The Bertz CT molecular complexity index is 889. The first kappa shape index (κ1) is 16.3. The number of nitrogens with one attached hydrogen (secondary N) is 2. The minimum absolute atomic E-state index is 0.247. The van der Waals surface area contributed by atoms with E-state index < -0.39 is 0 Å². The van der Waals surface area contributed by atoms with Gasteiger partial charge in [0, 0.05) is 11.6 Å². The van der Waals surface area contributed by atoms with E-state index >= 15 is 0 Å². The monoisotopic (exact) mass is 343 g/mol. The van der Waals surface area contributed by atoms with Crippen molar-refractivity contribution in [3.05, 3.63) is 47.0 Å². The Hall–Kier alpha value is -2.53. The molecule has 2 N–H and O–H groups in total. The van der Waals surface area contributed by atoms with Crippen molar-refractivity contribution in [2.24, 2.45) is 0 Å². The van der Waals surface area contributed by atoms with Gasteiger partial charge >= 0.3 is 6.03 Å².